The van der Waals surface area contributed by atoms with Crippen molar-refractivity contribution in [3.05, 3.63) is 47.5 Å². The summed E-state index contributed by atoms with van der Waals surface area (Å²) in [5.41, 5.74) is 2.33. The first kappa shape index (κ1) is 21.3. The average Bonchev–Trinajstić information content (AvgIpc) is 3.12. The summed E-state index contributed by atoms with van der Waals surface area (Å²) in [5, 5.41) is 13.0. The van der Waals surface area contributed by atoms with E-state index in [1.54, 1.807) is 29.8 Å². The standard InChI is InChI=1S/C21H21F2N7O2/c1-11-6-13(7-18(26-11)21(3,22)23)28-15-9-19(27-12(2)31)25-10-14(15)16-8-17-20(32)24-4-5-30(17)29-16/h6-10H,4-5H2,1-3H3,(H,24,32)(H2,25,26,27,28,31). The molecular formula is C21H21F2N7O2. The van der Waals surface area contributed by atoms with Crippen LogP contribution in [0.25, 0.3) is 11.3 Å². The van der Waals surface area contributed by atoms with Crippen LogP contribution in [-0.4, -0.2) is 38.1 Å². The van der Waals surface area contributed by atoms with Gasteiger partial charge in [0.25, 0.3) is 11.8 Å². The Labute approximate surface area is 182 Å². The van der Waals surface area contributed by atoms with E-state index in [0.29, 0.717) is 47.1 Å². The smallest absolute Gasteiger partial charge is 0.287 e. The molecule has 4 rings (SSSR count). The van der Waals surface area contributed by atoms with Crippen LogP contribution < -0.4 is 16.0 Å². The molecule has 3 aromatic rings. The van der Waals surface area contributed by atoms with E-state index < -0.39 is 5.92 Å². The van der Waals surface area contributed by atoms with E-state index in [0.717, 1.165) is 6.92 Å². The van der Waals surface area contributed by atoms with E-state index in [-0.39, 0.29) is 23.3 Å². The van der Waals surface area contributed by atoms with Gasteiger partial charge in [-0.15, -0.1) is 0 Å². The molecule has 0 aliphatic carbocycles. The molecule has 1 aliphatic rings. The minimum Gasteiger partial charge on any atom is -0.355 e. The monoisotopic (exact) mass is 441 g/mol. The van der Waals surface area contributed by atoms with Crippen molar-refractivity contribution in [3.63, 3.8) is 0 Å². The van der Waals surface area contributed by atoms with Crippen LogP contribution in [0.2, 0.25) is 0 Å². The summed E-state index contributed by atoms with van der Waals surface area (Å²) in [6.07, 6.45) is 1.50. The maximum absolute atomic E-state index is 13.9. The molecule has 3 aromatic heterocycles. The second kappa shape index (κ2) is 7.98. The zero-order valence-corrected chi connectivity index (χ0v) is 17.7. The molecule has 0 spiro atoms. The zero-order valence-electron chi connectivity index (χ0n) is 17.7. The van der Waals surface area contributed by atoms with Crippen molar-refractivity contribution in [2.45, 2.75) is 33.2 Å². The van der Waals surface area contributed by atoms with E-state index >= 15 is 0 Å². The fourth-order valence-electron chi connectivity index (χ4n) is 3.40. The van der Waals surface area contributed by atoms with Gasteiger partial charge in [-0.2, -0.15) is 13.9 Å². The highest BCUT2D eigenvalue weighted by Crippen LogP contribution is 2.34. The predicted molar refractivity (Wildman–Crippen MR) is 114 cm³/mol. The number of halogens is 2. The summed E-state index contributed by atoms with van der Waals surface area (Å²) in [6, 6.07) is 6.11. The van der Waals surface area contributed by atoms with Crippen LogP contribution in [0.3, 0.4) is 0 Å². The lowest BCUT2D eigenvalue weighted by Crippen LogP contribution is -2.35. The van der Waals surface area contributed by atoms with Gasteiger partial charge in [-0.05, 0) is 25.1 Å². The molecule has 0 saturated carbocycles. The molecular weight excluding hydrogens is 420 g/mol. The van der Waals surface area contributed by atoms with Crippen LogP contribution in [0.1, 0.15) is 35.7 Å². The number of carbonyl (C=O) groups excluding carboxylic acids is 2. The maximum atomic E-state index is 13.9. The second-order valence-electron chi connectivity index (χ2n) is 7.59. The number of amides is 2. The highest BCUT2D eigenvalue weighted by molar-refractivity contribution is 5.95. The van der Waals surface area contributed by atoms with Gasteiger partial charge in [-0.25, -0.2) is 4.98 Å². The number of aromatic nitrogens is 4. The van der Waals surface area contributed by atoms with E-state index in [4.69, 9.17) is 0 Å². The highest BCUT2D eigenvalue weighted by atomic mass is 19.3. The lowest BCUT2D eigenvalue weighted by molar-refractivity contribution is -0.114. The number of nitrogens with zero attached hydrogens (tertiary/aromatic N) is 4. The Morgan fingerprint density at radius 1 is 1.25 bits per heavy atom. The molecule has 0 fully saturated rings. The van der Waals surface area contributed by atoms with Gasteiger partial charge in [0.1, 0.15) is 17.2 Å². The second-order valence-corrected chi connectivity index (χ2v) is 7.59. The average molecular weight is 441 g/mol. The van der Waals surface area contributed by atoms with E-state index in [1.807, 2.05) is 0 Å². The van der Waals surface area contributed by atoms with Crippen molar-refractivity contribution in [3.8, 4) is 11.3 Å². The number of hydrogen-bond acceptors (Lipinski definition) is 6. The van der Waals surface area contributed by atoms with Gasteiger partial charge in [-0.1, -0.05) is 0 Å². The SMILES string of the molecule is CC(=O)Nc1cc(Nc2cc(C)nc(C(C)(F)F)c2)c(-c2cc3n(n2)CCNC3=O)cn1. The molecule has 4 heterocycles. The number of nitrogens with one attached hydrogen (secondary N) is 3. The Bertz CT molecular complexity index is 1220. The van der Waals surface area contributed by atoms with Crippen LogP contribution >= 0.6 is 0 Å². The fourth-order valence-corrected chi connectivity index (χ4v) is 3.40. The molecule has 0 radical (unpaired) electrons. The summed E-state index contributed by atoms with van der Waals surface area (Å²) >= 11 is 0. The summed E-state index contributed by atoms with van der Waals surface area (Å²) < 4.78 is 29.4. The maximum Gasteiger partial charge on any atom is 0.287 e. The molecule has 2 amide bonds. The van der Waals surface area contributed by atoms with Crippen LogP contribution in [0.5, 0.6) is 0 Å². The third-order valence-corrected chi connectivity index (χ3v) is 4.79. The Morgan fingerprint density at radius 2 is 2.03 bits per heavy atom. The topological polar surface area (TPSA) is 114 Å². The molecule has 11 heteroatoms. The summed E-state index contributed by atoms with van der Waals surface area (Å²) in [6.45, 7) is 4.76. The Kier molecular flexibility index (Phi) is 5.33. The molecule has 0 unspecified atom stereocenters. The first-order valence-electron chi connectivity index (χ1n) is 9.88. The van der Waals surface area contributed by atoms with E-state index in [1.165, 1.54) is 19.2 Å². The number of anilines is 3. The molecule has 9 nitrogen and oxygen atoms in total. The third kappa shape index (κ3) is 4.41. The molecule has 166 valence electrons. The number of alkyl halides is 2. The molecule has 0 bridgehead atoms. The van der Waals surface area contributed by atoms with Gasteiger partial charge in [-0.3, -0.25) is 19.3 Å². The third-order valence-electron chi connectivity index (χ3n) is 4.79. The number of hydrogen-bond donors (Lipinski definition) is 3. The zero-order chi connectivity index (χ0) is 23.0. The van der Waals surface area contributed by atoms with Crippen molar-refractivity contribution in [1.82, 2.24) is 25.1 Å². The first-order valence-corrected chi connectivity index (χ1v) is 9.88. The van der Waals surface area contributed by atoms with Crippen molar-refractivity contribution in [2.75, 3.05) is 17.2 Å². The van der Waals surface area contributed by atoms with Crippen molar-refractivity contribution in [1.29, 1.82) is 0 Å². The number of aryl methyl sites for hydroxylation is 1. The van der Waals surface area contributed by atoms with Gasteiger partial charge in [0.15, 0.2) is 0 Å². The van der Waals surface area contributed by atoms with Crippen molar-refractivity contribution < 1.29 is 18.4 Å². The molecule has 3 N–H and O–H groups in total. The van der Waals surface area contributed by atoms with Gasteiger partial charge >= 0.3 is 0 Å². The molecule has 0 aromatic carbocycles. The van der Waals surface area contributed by atoms with E-state index in [9.17, 15) is 18.4 Å². The molecule has 0 saturated heterocycles. The lowest BCUT2D eigenvalue weighted by atomic mass is 10.1. The molecule has 32 heavy (non-hydrogen) atoms. The Balaban J connectivity index is 1.79. The highest BCUT2D eigenvalue weighted by Gasteiger charge is 2.27. The Morgan fingerprint density at radius 3 is 2.72 bits per heavy atom. The fraction of sp³-hybridized carbons (Fsp3) is 0.286. The van der Waals surface area contributed by atoms with E-state index in [2.05, 4.69) is 31.0 Å². The number of pyridine rings is 2. The van der Waals surface area contributed by atoms with Crippen LogP contribution in [-0.2, 0) is 17.3 Å². The minimum atomic E-state index is -3.11. The summed E-state index contributed by atoms with van der Waals surface area (Å²) in [5.74, 6) is -3.37. The quantitative estimate of drug-likeness (QED) is 0.560. The summed E-state index contributed by atoms with van der Waals surface area (Å²) in [4.78, 5) is 31.8. The first-order chi connectivity index (χ1) is 15.1. The number of rotatable bonds is 5. The molecule has 0 atom stereocenters. The predicted octanol–water partition coefficient (Wildman–Crippen LogP) is 3.21. The van der Waals surface area contributed by atoms with Gasteiger partial charge in [0.05, 0.1) is 17.9 Å². The van der Waals surface area contributed by atoms with Crippen molar-refractivity contribution >= 4 is 29.0 Å². The van der Waals surface area contributed by atoms with Gasteiger partial charge in [0.2, 0.25) is 5.91 Å². The van der Waals surface area contributed by atoms with Gasteiger partial charge in [0, 0.05) is 49.6 Å². The van der Waals surface area contributed by atoms with Gasteiger partial charge < -0.3 is 16.0 Å². The summed E-state index contributed by atoms with van der Waals surface area (Å²) in [7, 11) is 0. The van der Waals surface area contributed by atoms with Crippen LogP contribution in [0.4, 0.5) is 26.0 Å². The van der Waals surface area contributed by atoms with Crippen LogP contribution in [0.15, 0.2) is 30.5 Å². The number of fused-ring (bicyclic) bond motifs is 1. The number of carbonyl (C=O) groups is 2. The largest absolute Gasteiger partial charge is 0.355 e. The molecule has 1 aliphatic heterocycles. The van der Waals surface area contributed by atoms with Crippen molar-refractivity contribution in [2.24, 2.45) is 0 Å². The van der Waals surface area contributed by atoms with Crippen LogP contribution in [0, 0.1) is 6.92 Å². The minimum absolute atomic E-state index is 0.230. The Hall–Kier alpha value is -3.89. The normalized spacial score (nSPS) is 13.3. The lowest BCUT2D eigenvalue weighted by Gasteiger charge is -2.16.